The summed E-state index contributed by atoms with van der Waals surface area (Å²) in [5, 5.41) is 7.06. The van der Waals surface area contributed by atoms with Crippen LogP contribution in [0.3, 0.4) is 0 Å². The lowest BCUT2D eigenvalue weighted by atomic mass is 10.2. The normalized spacial score (nSPS) is 11.7. The molecule has 0 fully saturated rings. The maximum atomic E-state index is 12.2. The first-order chi connectivity index (χ1) is 10.3. The Labute approximate surface area is 127 Å². The van der Waals surface area contributed by atoms with E-state index in [1.807, 2.05) is 43.3 Å². The second-order valence-corrected chi connectivity index (χ2v) is 5.28. The lowest BCUT2D eigenvalue weighted by molar-refractivity contribution is -0.142. The first-order valence-electron chi connectivity index (χ1n) is 6.89. The molecule has 1 aromatic heterocycles. The number of nitrogens with one attached hydrogen (secondary N) is 1. The predicted molar refractivity (Wildman–Crippen MR) is 79.6 cm³/mol. The van der Waals surface area contributed by atoms with Gasteiger partial charge in [-0.2, -0.15) is 18.3 Å². The smallest absolute Gasteiger partial charge is 0.378 e. The van der Waals surface area contributed by atoms with E-state index in [4.69, 9.17) is 0 Å². The summed E-state index contributed by atoms with van der Waals surface area (Å²) in [6.07, 6.45) is -2.90. The molecule has 1 heterocycles. The topological polar surface area (TPSA) is 33.1 Å². The molecule has 0 amide bonds. The minimum atomic E-state index is -4.25. The molecule has 1 N–H and O–H groups in total. The van der Waals surface area contributed by atoms with Crippen molar-refractivity contribution in [2.24, 2.45) is 0 Å². The third-order valence-electron chi connectivity index (χ3n) is 3.13. The molecule has 2 aromatic rings. The van der Waals surface area contributed by atoms with Crippen LogP contribution in [0.4, 0.5) is 18.9 Å². The first-order valence-corrected chi connectivity index (χ1v) is 6.89. The molecule has 2 rings (SSSR count). The molecule has 0 aliphatic heterocycles. The minimum absolute atomic E-state index is 0.431. The average molecular weight is 312 g/mol. The SMILES string of the molecule is CN(C)c1ccc(CNCc2ccn(CC(F)(F)F)n2)cc1. The maximum Gasteiger partial charge on any atom is 0.408 e. The Morgan fingerprint density at radius 3 is 2.36 bits per heavy atom. The molecule has 0 atom stereocenters. The zero-order valence-electron chi connectivity index (χ0n) is 12.6. The second-order valence-electron chi connectivity index (χ2n) is 5.28. The van der Waals surface area contributed by atoms with Gasteiger partial charge in [-0.15, -0.1) is 0 Å². The monoisotopic (exact) mass is 312 g/mol. The Balaban J connectivity index is 1.81. The molecular weight excluding hydrogens is 293 g/mol. The molecule has 0 saturated carbocycles. The number of benzene rings is 1. The van der Waals surface area contributed by atoms with Gasteiger partial charge < -0.3 is 10.2 Å². The van der Waals surface area contributed by atoms with Gasteiger partial charge in [-0.3, -0.25) is 4.68 Å². The lowest BCUT2D eigenvalue weighted by Gasteiger charge is -2.12. The highest BCUT2D eigenvalue weighted by Gasteiger charge is 2.28. The van der Waals surface area contributed by atoms with E-state index < -0.39 is 12.7 Å². The molecule has 22 heavy (non-hydrogen) atoms. The Hall–Kier alpha value is -2.02. The quantitative estimate of drug-likeness (QED) is 0.890. The van der Waals surface area contributed by atoms with E-state index in [1.54, 1.807) is 6.07 Å². The molecule has 0 spiro atoms. The van der Waals surface area contributed by atoms with Crippen LogP contribution in [-0.4, -0.2) is 30.1 Å². The molecule has 0 aliphatic rings. The average Bonchev–Trinajstić information content (AvgIpc) is 2.84. The van der Waals surface area contributed by atoms with Gasteiger partial charge in [0.1, 0.15) is 6.54 Å². The van der Waals surface area contributed by atoms with Crippen molar-refractivity contribution in [3.05, 3.63) is 47.8 Å². The number of halogens is 3. The van der Waals surface area contributed by atoms with Crippen molar-refractivity contribution in [1.82, 2.24) is 15.1 Å². The van der Waals surface area contributed by atoms with Crippen LogP contribution in [-0.2, 0) is 19.6 Å². The first kappa shape index (κ1) is 16.4. The summed E-state index contributed by atoms with van der Waals surface area (Å²) in [5.74, 6) is 0. The van der Waals surface area contributed by atoms with E-state index in [9.17, 15) is 13.2 Å². The van der Waals surface area contributed by atoms with Crippen LogP contribution in [0.1, 0.15) is 11.3 Å². The standard InChI is InChI=1S/C15H19F3N4/c1-21(2)14-5-3-12(4-6-14)9-19-10-13-7-8-22(20-13)11-15(16,17)18/h3-8,19H,9-11H2,1-2H3. The molecular formula is C15H19F3N4. The zero-order chi connectivity index (χ0) is 16.2. The van der Waals surface area contributed by atoms with Crippen LogP contribution in [0.5, 0.6) is 0 Å². The summed E-state index contributed by atoms with van der Waals surface area (Å²) < 4.78 is 37.6. The van der Waals surface area contributed by atoms with Crippen molar-refractivity contribution in [2.45, 2.75) is 25.8 Å². The van der Waals surface area contributed by atoms with E-state index in [0.29, 0.717) is 18.8 Å². The van der Waals surface area contributed by atoms with Crippen LogP contribution in [0.15, 0.2) is 36.5 Å². The Morgan fingerprint density at radius 1 is 1.09 bits per heavy atom. The molecule has 0 aliphatic carbocycles. The molecule has 7 heteroatoms. The van der Waals surface area contributed by atoms with E-state index in [-0.39, 0.29) is 0 Å². The summed E-state index contributed by atoms with van der Waals surface area (Å²) >= 11 is 0. The van der Waals surface area contributed by atoms with Crippen LogP contribution < -0.4 is 10.2 Å². The fourth-order valence-corrected chi connectivity index (χ4v) is 2.02. The third-order valence-corrected chi connectivity index (χ3v) is 3.13. The van der Waals surface area contributed by atoms with E-state index in [0.717, 1.165) is 15.9 Å². The largest absolute Gasteiger partial charge is 0.408 e. The highest BCUT2D eigenvalue weighted by molar-refractivity contribution is 5.45. The molecule has 1 aromatic carbocycles. The number of aromatic nitrogens is 2. The van der Waals surface area contributed by atoms with Gasteiger partial charge in [0.2, 0.25) is 0 Å². The summed E-state index contributed by atoms with van der Waals surface area (Å²) in [5.41, 5.74) is 2.82. The number of rotatable bonds is 6. The van der Waals surface area contributed by atoms with Crippen LogP contribution in [0.25, 0.3) is 0 Å². The Bertz CT molecular complexity index is 588. The maximum absolute atomic E-state index is 12.2. The number of hydrogen-bond acceptors (Lipinski definition) is 3. The molecule has 4 nitrogen and oxygen atoms in total. The van der Waals surface area contributed by atoms with E-state index in [2.05, 4.69) is 10.4 Å². The van der Waals surface area contributed by atoms with Gasteiger partial charge in [-0.25, -0.2) is 0 Å². The molecule has 0 unspecified atom stereocenters. The van der Waals surface area contributed by atoms with E-state index >= 15 is 0 Å². The number of alkyl halides is 3. The van der Waals surface area contributed by atoms with Crippen LogP contribution >= 0.6 is 0 Å². The summed E-state index contributed by atoms with van der Waals surface area (Å²) in [6, 6.07) is 9.67. The summed E-state index contributed by atoms with van der Waals surface area (Å²) in [6.45, 7) is 0.0130. The number of anilines is 1. The van der Waals surface area contributed by atoms with Crippen molar-refractivity contribution in [3.8, 4) is 0 Å². The highest BCUT2D eigenvalue weighted by Crippen LogP contribution is 2.17. The van der Waals surface area contributed by atoms with Gasteiger partial charge in [-0.1, -0.05) is 12.1 Å². The van der Waals surface area contributed by atoms with Crippen molar-refractivity contribution in [3.63, 3.8) is 0 Å². The minimum Gasteiger partial charge on any atom is -0.378 e. The van der Waals surface area contributed by atoms with Crippen molar-refractivity contribution in [1.29, 1.82) is 0 Å². The molecule has 0 saturated heterocycles. The predicted octanol–water partition coefficient (Wildman–Crippen LogP) is 2.80. The Morgan fingerprint density at radius 2 is 1.77 bits per heavy atom. The Kier molecular flexibility index (Phi) is 5.07. The van der Waals surface area contributed by atoms with Crippen LogP contribution in [0, 0.1) is 0 Å². The lowest BCUT2D eigenvalue weighted by Crippen LogP contribution is -2.19. The summed E-state index contributed by atoms with van der Waals surface area (Å²) in [4.78, 5) is 2.02. The molecule has 120 valence electrons. The fraction of sp³-hybridized carbons (Fsp3) is 0.400. The van der Waals surface area contributed by atoms with Gasteiger partial charge in [0.15, 0.2) is 0 Å². The number of nitrogens with zero attached hydrogens (tertiary/aromatic N) is 3. The van der Waals surface area contributed by atoms with Crippen LogP contribution in [0.2, 0.25) is 0 Å². The van der Waals surface area contributed by atoms with Gasteiger partial charge >= 0.3 is 6.18 Å². The van der Waals surface area contributed by atoms with Crippen molar-refractivity contribution in [2.75, 3.05) is 19.0 Å². The van der Waals surface area contributed by atoms with Gasteiger partial charge in [0.05, 0.1) is 5.69 Å². The van der Waals surface area contributed by atoms with E-state index in [1.165, 1.54) is 6.20 Å². The molecule has 0 bridgehead atoms. The zero-order valence-corrected chi connectivity index (χ0v) is 12.6. The highest BCUT2D eigenvalue weighted by atomic mass is 19.4. The summed E-state index contributed by atoms with van der Waals surface area (Å²) in [7, 11) is 3.95. The van der Waals surface area contributed by atoms with Gasteiger partial charge in [0.25, 0.3) is 0 Å². The van der Waals surface area contributed by atoms with Crippen molar-refractivity contribution < 1.29 is 13.2 Å². The van der Waals surface area contributed by atoms with Crippen molar-refractivity contribution >= 4 is 5.69 Å². The second kappa shape index (κ2) is 6.83. The van der Waals surface area contributed by atoms with Gasteiger partial charge in [0, 0.05) is 39.1 Å². The molecule has 0 radical (unpaired) electrons. The third kappa shape index (κ3) is 5.07. The fourth-order valence-electron chi connectivity index (χ4n) is 2.02. The number of hydrogen-bond donors (Lipinski definition) is 1. The van der Waals surface area contributed by atoms with Gasteiger partial charge in [-0.05, 0) is 23.8 Å².